The van der Waals surface area contributed by atoms with Crippen molar-refractivity contribution in [2.75, 3.05) is 13.2 Å². The lowest BCUT2D eigenvalue weighted by Gasteiger charge is -2.32. The van der Waals surface area contributed by atoms with Crippen LogP contribution in [0.3, 0.4) is 0 Å². The summed E-state index contributed by atoms with van der Waals surface area (Å²) in [4.78, 5) is 26.5. The minimum atomic E-state index is -1.44. The van der Waals surface area contributed by atoms with Crippen molar-refractivity contribution < 1.29 is 19.1 Å². The number of allylic oxidation sites excluding steroid dienone is 1. The van der Waals surface area contributed by atoms with Crippen LogP contribution in [0.25, 0.3) is 5.57 Å². The quantitative estimate of drug-likeness (QED) is 0.251. The third-order valence-electron chi connectivity index (χ3n) is 5.93. The lowest BCUT2D eigenvalue weighted by molar-refractivity contribution is -0.166. The number of ether oxygens (including phenoxy) is 2. The third-order valence-corrected chi connectivity index (χ3v) is 5.93. The molecule has 160 valence electrons. The Morgan fingerprint density at radius 1 is 0.897 bits per heavy atom. The highest BCUT2D eigenvalue weighted by Crippen LogP contribution is 2.53. The second kappa shape index (κ2) is 11.2. The summed E-state index contributed by atoms with van der Waals surface area (Å²) in [6.45, 7) is 10.5. The Labute approximate surface area is 175 Å². The largest absolute Gasteiger partial charge is 0.465 e. The maximum atomic E-state index is 13.2. The molecule has 4 heteroatoms. The van der Waals surface area contributed by atoms with Gasteiger partial charge >= 0.3 is 11.9 Å². The summed E-state index contributed by atoms with van der Waals surface area (Å²) < 4.78 is 10.8. The van der Waals surface area contributed by atoms with Crippen molar-refractivity contribution in [2.24, 2.45) is 5.92 Å². The molecule has 1 unspecified atom stereocenters. The van der Waals surface area contributed by atoms with E-state index in [4.69, 9.17) is 9.47 Å². The van der Waals surface area contributed by atoms with Crippen LogP contribution in [-0.2, 0) is 24.5 Å². The molecule has 1 atom stereocenters. The Balaban J connectivity index is 2.30. The van der Waals surface area contributed by atoms with Crippen LogP contribution in [0.2, 0.25) is 0 Å². The molecule has 0 saturated heterocycles. The van der Waals surface area contributed by atoms with E-state index in [9.17, 15) is 9.59 Å². The fourth-order valence-corrected chi connectivity index (χ4v) is 4.52. The normalized spacial score (nSPS) is 17.1. The average molecular weight is 401 g/mol. The Morgan fingerprint density at radius 2 is 1.45 bits per heavy atom. The Kier molecular flexibility index (Phi) is 8.94. The lowest BCUT2D eigenvalue weighted by Crippen LogP contribution is -2.49. The first-order chi connectivity index (χ1) is 14.0. The predicted molar refractivity (Wildman–Crippen MR) is 117 cm³/mol. The molecule has 1 aliphatic rings. The molecular formula is C25H36O4. The van der Waals surface area contributed by atoms with Crippen molar-refractivity contribution in [3.8, 4) is 0 Å². The van der Waals surface area contributed by atoms with E-state index < -0.39 is 17.4 Å². The van der Waals surface area contributed by atoms with Gasteiger partial charge in [-0.1, -0.05) is 82.7 Å². The summed E-state index contributed by atoms with van der Waals surface area (Å²) in [6, 6.07) is 7.56. The maximum Gasteiger partial charge on any atom is 0.328 e. The molecule has 1 aromatic carbocycles. The molecule has 0 spiro atoms. The highest BCUT2D eigenvalue weighted by Gasteiger charge is 2.61. The summed E-state index contributed by atoms with van der Waals surface area (Å²) in [5.41, 5.74) is 0.950. The smallest absolute Gasteiger partial charge is 0.328 e. The maximum absolute atomic E-state index is 13.2. The number of carbonyl (C=O) groups is 2. The fraction of sp³-hybridized carbons (Fsp3) is 0.600. The number of hydrogen-bond acceptors (Lipinski definition) is 4. The molecule has 0 aliphatic heterocycles. The molecule has 0 saturated carbocycles. The third kappa shape index (κ3) is 4.73. The molecule has 1 aliphatic carbocycles. The van der Waals surface area contributed by atoms with Gasteiger partial charge in [0.25, 0.3) is 0 Å². The van der Waals surface area contributed by atoms with Crippen LogP contribution in [0.5, 0.6) is 0 Å². The standard InChI is InChI=1S/C25H36O4/c1-5-8-9-10-11-12-13-17-21-19(4)20-16-14-15-18-22(20)25(21,23(26)28-6-2)24(27)29-7-3/h14-16,18,21H,4-13,17H2,1-3H3. The van der Waals surface area contributed by atoms with Crippen LogP contribution in [0.15, 0.2) is 30.8 Å². The van der Waals surface area contributed by atoms with Gasteiger partial charge in [-0.05, 0) is 37.0 Å². The van der Waals surface area contributed by atoms with Crippen molar-refractivity contribution in [1.82, 2.24) is 0 Å². The van der Waals surface area contributed by atoms with Crippen molar-refractivity contribution >= 4 is 17.5 Å². The van der Waals surface area contributed by atoms with Crippen molar-refractivity contribution in [3.63, 3.8) is 0 Å². The molecule has 1 aromatic rings. The van der Waals surface area contributed by atoms with E-state index in [2.05, 4.69) is 13.5 Å². The van der Waals surface area contributed by atoms with Crippen LogP contribution >= 0.6 is 0 Å². The molecule has 0 bridgehead atoms. The summed E-state index contributed by atoms with van der Waals surface area (Å²) in [6.07, 6.45) is 8.96. The molecule has 0 radical (unpaired) electrons. The molecule has 0 heterocycles. The average Bonchev–Trinajstić information content (AvgIpc) is 2.97. The van der Waals surface area contributed by atoms with Gasteiger partial charge in [-0.2, -0.15) is 0 Å². The van der Waals surface area contributed by atoms with Gasteiger partial charge in [0.15, 0.2) is 5.41 Å². The van der Waals surface area contributed by atoms with Gasteiger partial charge in [0, 0.05) is 5.92 Å². The van der Waals surface area contributed by atoms with Crippen molar-refractivity contribution in [1.29, 1.82) is 0 Å². The number of hydrogen-bond donors (Lipinski definition) is 0. The Hall–Kier alpha value is -2.10. The number of esters is 2. The Bertz CT molecular complexity index is 689. The van der Waals surface area contributed by atoms with Gasteiger partial charge in [0.05, 0.1) is 13.2 Å². The number of carbonyl (C=O) groups excluding carboxylic acids is 2. The monoisotopic (exact) mass is 400 g/mol. The SMILES string of the molecule is C=C1c2ccccc2C(C(=O)OCC)(C(=O)OCC)C1CCCCCCCCC. The van der Waals surface area contributed by atoms with Gasteiger partial charge in [-0.25, -0.2) is 0 Å². The van der Waals surface area contributed by atoms with Gasteiger partial charge in [-0.3, -0.25) is 9.59 Å². The Morgan fingerprint density at radius 3 is 2.03 bits per heavy atom. The van der Waals surface area contributed by atoms with Crippen molar-refractivity contribution in [3.05, 3.63) is 42.0 Å². The van der Waals surface area contributed by atoms with Gasteiger partial charge in [0.2, 0.25) is 0 Å². The van der Waals surface area contributed by atoms with Gasteiger partial charge in [0.1, 0.15) is 0 Å². The van der Waals surface area contributed by atoms with E-state index >= 15 is 0 Å². The van der Waals surface area contributed by atoms with E-state index in [1.54, 1.807) is 13.8 Å². The van der Waals surface area contributed by atoms with E-state index in [0.29, 0.717) is 5.56 Å². The number of benzene rings is 1. The van der Waals surface area contributed by atoms with Crippen LogP contribution in [-0.4, -0.2) is 25.2 Å². The highest BCUT2D eigenvalue weighted by molar-refractivity contribution is 6.12. The van der Waals surface area contributed by atoms with E-state index in [1.807, 2.05) is 24.3 Å². The van der Waals surface area contributed by atoms with Crippen LogP contribution in [0.1, 0.15) is 83.3 Å². The molecule has 2 rings (SSSR count). The van der Waals surface area contributed by atoms with Crippen LogP contribution < -0.4 is 0 Å². The molecule has 4 nitrogen and oxygen atoms in total. The molecular weight excluding hydrogens is 364 g/mol. The van der Waals surface area contributed by atoms with Gasteiger partial charge in [-0.15, -0.1) is 0 Å². The molecule has 0 amide bonds. The summed E-state index contributed by atoms with van der Waals surface area (Å²) in [5, 5.41) is 0. The first-order valence-electron chi connectivity index (χ1n) is 11.2. The number of unbranched alkanes of at least 4 members (excludes halogenated alkanes) is 6. The number of rotatable bonds is 12. The zero-order valence-electron chi connectivity index (χ0n) is 18.3. The van der Waals surface area contributed by atoms with E-state index in [0.717, 1.165) is 30.4 Å². The zero-order chi connectivity index (χ0) is 21.3. The predicted octanol–water partition coefficient (Wildman–Crippen LogP) is 5.83. The summed E-state index contributed by atoms with van der Waals surface area (Å²) >= 11 is 0. The highest BCUT2D eigenvalue weighted by atomic mass is 16.6. The first-order valence-corrected chi connectivity index (χ1v) is 11.2. The molecule has 0 fully saturated rings. The molecule has 0 aromatic heterocycles. The second-order valence-corrected chi connectivity index (χ2v) is 7.78. The zero-order valence-corrected chi connectivity index (χ0v) is 18.3. The van der Waals surface area contributed by atoms with E-state index in [1.165, 1.54) is 32.1 Å². The minimum absolute atomic E-state index is 0.221. The van der Waals surface area contributed by atoms with Crippen molar-refractivity contribution in [2.45, 2.75) is 77.6 Å². The number of fused-ring (bicyclic) bond motifs is 1. The fourth-order valence-electron chi connectivity index (χ4n) is 4.52. The first kappa shape index (κ1) is 23.2. The minimum Gasteiger partial charge on any atom is -0.465 e. The van der Waals surface area contributed by atoms with Crippen LogP contribution in [0.4, 0.5) is 0 Å². The summed E-state index contributed by atoms with van der Waals surface area (Å²) in [5.74, 6) is -1.36. The summed E-state index contributed by atoms with van der Waals surface area (Å²) in [7, 11) is 0. The van der Waals surface area contributed by atoms with Crippen LogP contribution in [0, 0.1) is 5.92 Å². The van der Waals surface area contributed by atoms with Gasteiger partial charge < -0.3 is 9.47 Å². The second-order valence-electron chi connectivity index (χ2n) is 7.78. The lowest BCUT2D eigenvalue weighted by atomic mass is 9.71. The molecule has 29 heavy (non-hydrogen) atoms. The topological polar surface area (TPSA) is 52.6 Å². The van der Waals surface area contributed by atoms with E-state index in [-0.39, 0.29) is 19.1 Å². The molecule has 0 N–H and O–H groups in total.